The fourth-order valence-corrected chi connectivity index (χ4v) is 3.09. The summed E-state index contributed by atoms with van der Waals surface area (Å²) in [6, 6.07) is 9.97. The van der Waals surface area contributed by atoms with E-state index in [0.717, 1.165) is 17.1 Å². The van der Waals surface area contributed by atoms with E-state index in [-0.39, 0.29) is 33.8 Å². The van der Waals surface area contributed by atoms with E-state index in [9.17, 15) is 27.6 Å². The van der Waals surface area contributed by atoms with Crippen LogP contribution in [-0.2, 0) is 15.7 Å². The van der Waals surface area contributed by atoms with Crippen molar-refractivity contribution < 1.29 is 32.3 Å². The van der Waals surface area contributed by atoms with E-state index >= 15 is 0 Å². The molecular weight excluding hydrogens is 441 g/mol. The topological polar surface area (TPSA) is 100 Å². The zero-order valence-corrected chi connectivity index (χ0v) is 17.8. The first-order valence-corrected chi connectivity index (χ1v) is 9.56. The SMILES string of the molecule is COC(=O)c1ccc(C(=O)NN/C(C)=C2\C(=O)N(c3cccc(C(F)(F)F)c3)N=C2C)cc1. The number of hydrazone groups is 1. The number of benzene rings is 2. The molecular formula is C22H19F3N4O4. The minimum Gasteiger partial charge on any atom is -0.465 e. The molecule has 0 saturated heterocycles. The predicted octanol–water partition coefficient (Wildman–Crippen LogP) is 3.42. The molecule has 0 aromatic heterocycles. The van der Waals surface area contributed by atoms with Crippen LogP contribution >= 0.6 is 0 Å². The summed E-state index contributed by atoms with van der Waals surface area (Å²) in [7, 11) is 1.24. The fraction of sp³-hybridized carbons (Fsp3) is 0.182. The van der Waals surface area contributed by atoms with Crippen molar-refractivity contribution in [2.24, 2.45) is 5.10 Å². The number of carbonyl (C=O) groups is 3. The third-order valence-corrected chi connectivity index (χ3v) is 4.74. The fourth-order valence-electron chi connectivity index (χ4n) is 3.09. The molecule has 8 nitrogen and oxygen atoms in total. The molecule has 0 aliphatic carbocycles. The minimum absolute atomic E-state index is 0.0355. The van der Waals surface area contributed by atoms with E-state index in [0.29, 0.717) is 0 Å². The van der Waals surface area contributed by atoms with E-state index in [1.54, 1.807) is 0 Å². The van der Waals surface area contributed by atoms with Gasteiger partial charge in [0.15, 0.2) is 0 Å². The Morgan fingerprint density at radius 3 is 2.27 bits per heavy atom. The Balaban J connectivity index is 1.74. The highest BCUT2D eigenvalue weighted by Crippen LogP contribution is 2.33. The minimum atomic E-state index is -4.56. The van der Waals surface area contributed by atoms with Gasteiger partial charge in [-0.05, 0) is 56.3 Å². The molecule has 1 heterocycles. The Hall–Kier alpha value is -4.15. The lowest BCUT2D eigenvalue weighted by molar-refractivity contribution is -0.137. The van der Waals surface area contributed by atoms with Crippen LogP contribution in [0.4, 0.5) is 18.9 Å². The van der Waals surface area contributed by atoms with Gasteiger partial charge < -0.3 is 10.2 Å². The lowest BCUT2D eigenvalue weighted by Gasteiger charge is -2.15. The molecule has 0 bridgehead atoms. The Morgan fingerprint density at radius 1 is 1.03 bits per heavy atom. The molecule has 33 heavy (non-hydrogen) atoms. The predicted molar refractivity (Wildman–Crippen MR) is 113 cm³/mol. The molecule has 1 aliphatic rings. The van der Waals surface area contributed by atoms with Crippen molar-refractivity contribution in [2.75, 3.05) is 12.1 Å². The summed E-state index contributed by atoms with van der Waals surface area (Å²) in [6.45, 7) is 3.04. The van der Waals surface area contributed by atoms with Crippen molar-refractivity contribution in [3.05, 3.63) is 76.5 Å². The maximum atomic E-state index is 13.0. The summed E-state index contributed by atoms with van der Waals surface area (Å²) in [5.74, 6) is -1.73. The second kappa shape index (κ2) is 9.15. The van der Waals surface area contributed by atoms with Crippen molar-refractivity contribution in [3.8, 4) is 0 Å². The van der Waals surface area contributed by atoms with Crippen LogP contribution < -0.4 is 15.9 Å². The molecule has 172 valence electrons. The van der Waals surface area contributed by atoms with Gasteiger partial charge in [0.1, 0.15) is 0 Å². The maximum Gasteiger partial charge on any atom is 0.416 e. The summed E-state index contributed by atoms with van der Waals surface area (Å²) in [4.78, 5) is 36.7. The lowest BCUT2D eigenvalue weighted by atomic mass is 10.1. The number of alkyl halides is 3. The molecule has 11 heteroatoms. The van der Waals surface area contributed by atoms with Crippen LogP contribution in [0.15, 0.2) is 64.9 Å². The summed E-state index contributed by atoms with van der Waals surface area (Å²) < 4.78 is 43.6. The highest BCUT2D eigenvalue weighted by atomic mass is 19.4. The van der Waals surface area contributed by atoms with Crippen molar-refractivity contribution in [1.29, 1.82) is 0 Å². The van der Waals surface area contributed by atoms with Gasteiger partial charge in [0.2, 0.25) is 0 Å². The number of ether oxygens (including phenoxy) is 1. The van der Waals surface area contributed by atoms with Crippen LogP contribution in [0.3, 0.4) is 0 Å². The normalized spacial score (nSPS) is 15.2. The Bertz CT molecular complexity index is 1170. The standard InChI is InChI=1S/C22H19F3N4O4/c1-12(26-27-19(30)14-7-9-15(10-8-14)21(32)33-3)18-13(2)28-29(20(18)31)17-6-4-5-16(11-17)22(23,24)25/h4-11,26H,1-3H3,(H,27,30)/b18-12-. The summed E-state index contributed by atoms with van der Waals surface area (Å²) >= 11 is 0. The van der Waals surface area contributed by atoms with Crippen LogP contribution in [0, 0.1) is 0 Å². The van der Waals surface area contributed by atoms with Crippen molar-refractivity contribution in [3.63, 3.8) is 0 Å². The van der Waals surface area contributed by atoms with Crippen LogP contribution in [0.2, 0.25) is 0 Å². The van der Waals surface area contributed by atoms with Gasteiger partial charge in [0.05, 0.1) is 35.2 Å². The van der Waals surface area contributed by atoms with Crippen molar-refractivity contribution in [2.45, 2.75) is 20.0 Å². The first-order chi connectivity index (χ1) is 15.5. The third-order valence-electron chi connectivity index (χ3n) is 4.74. The van der Waals surface area contributed by atoms with Crippen molar-refractivity contribution in [1.82, 2.24) is 10.9 Å². The molecule has 0 saturated carbocycles. The van der Waals surface area contributed by atoms with Crippen LogP contribution in [0.25, 0.3) is 0 Å². The Morgan fingerprint density at radius 2 is 1.67 bits per heavy atom. The van der Waals surface area contributed by atoms with Crippen LogP contribution in [0.1, 0.15) is 40.1 Å². The number of esters is 1. The van der Waals surface area contributed by atoms with E-state index in [4.69, 9.17) is 0 Å². The largest absolute Gasteiger partial charge is 0.465 e. The molecule has 3 rings (SSSR count). The molecule has 0 fully saturated rings. The number of nitrogens with zero attached hydrogens (tertiary/aromatic N) is 2. The molecule has 0 radical (unpaired) electrons. The monoisotopic (exact) mass is 460 g/mol. The number of anilines is 1. The first-order valence-electron chi connectivity index (χ1n) is 9.56. The summed E-state index contributed by atoms with van der Waals surface area (Å²) in [5, 5.41) is 4.94. The number of nitrogens with one attached hydrogen (secondary N) is 2. The Kier molecular flexibility index (Phi) is 6.52. The molecule has 2 N–H and O–H groups in total. The van der Waals surface area contributed by atoms with Gasteiger partial charge in [0.25, 0.3) is 11.8 Å². The zero-order chi connectivity index (χ0) is 24.3. The average Bonchev–Trinajstić information content (AvgIpc) is 3.10. The molecule has 1 aliphatic heterocycles. The smallest absolute Gasteiger partial charge is 0.416 e. The number of hydrogen-bond donors (Lipinski definition) is 2. The van der Waals surface area contributed by atoms with Crippen LogP contribution in [0.5, 0.6) is 0 Å². The van der Waals surface area contributed by atoms with Gasteiger partial charge >= 0.3 is 12.1 Å². The molecule has 0 unspecified atom stereocenters. The summed E-state index contributed by atoms with van der Waals surface area (Å²) in [5.41, 5.74) is 5.23. The van der Waals surface area contributed by atoms with Gasteiger partial charge in [0, 0.05) is 11.3 Å². The number of methoxy groups -OCH3 is 1. The van der Waals surface area contributed by atoms with E-state index in [1.165, 1.54) is 57.4 Å². The second-order valence-corrected chi connectivity index (χ2v) is 7.00. The number of carbonyl (C=O) groups excluding carboxylic acids is 3. The quantitative estimate of drug-likeness (QED) is 0.405. The molecule has 0 atom stereocenters. The molecule has 2 aromatic rings. The third kappa shape index (κ3) is 5.03. The number of hydrazine groups is 1. The highest BCUT2D eigenvalue weighted by molar-refractivity contribution is 6.30. The van der Waals surface area contributed by atoms with E-state index < -0.39 is 29.5 Å². The number of halogens is 3. The van der Waals surface area contributed by atoms with Gasteiger partial charge in [-0.1, -0.05) is 6.07 Å². The van der Waals surface area contributed by atoms with Gasteiger partial charge in [-0.3, -0.25) is 15.0 Å². The number of allylic oxidation sites excluding steroid dienone is 1. The average molecular weight is 460 g/mol. The molecule has 2 aromatic carbocycles. The van der Waals surface area contributed by atoms with Gasteiger partial charge in [-0.25, -0.2) is 4.79 Å². The number of amides is 2. The van der Waals surface area contributed by atoms with Gasteiger partial charge in [-0.15, -0.1) is 0 Å². The lowest BCUT2D eigenvalue weighted by Crippen LogP contribution is -2.37. The summed E-state index contributed by atoms with van der Waals surface area (Å²) in [6.07, 6.45) is -4.56. The first kappa shape index (κ1) is 23.5. The number of hydrogen-bond acceptors (Lipinski definition) is 6. The van der Waals surface area contributed by atoms with Gasteiger partial charge in [-0.2, -0.15) is 23.3 Å². The number of rotatable bonds is 5. The Labute approximate surface area is 186 Å². The second-order valence-electron chi connectivity index (χ2n) is 7.00. The van der Waals surface area contributed by atoms with Crippen molar-refractivity contribution >= 4 is 29.2 Å². The maximum absolute atomic E-state index is 13.0. The van der Waals surface area contributed by atoms with E-state index in [1.807, 2.05) is 0 Å². The van der Waals surface area contributed by atoms with Crippen LogP contribution in [-0.4, -0.2) is 30.6 Å². The highest BCUT2D eigenvalue weighted by Gasteiger charge is 2.34. The zero-order valence-electron chi connectivity index (χ0n) is 17.8. The molecule has 0 spiro atoms. The molecule has 2 amide bonds. The van der Waals surface area contributed by atoms with E-state index in [2.05, 4.69) is 20.7 Å².